The molecular formula is C16H21F3O. The predicted octanol–water partition coefficient (Wildman–Crippen LogP) is 5.23. The third-order valence-corrected chi connectivity index (χ3v) is 3.98. The maximum Gasteiger partial charge on any atom is 0.203 e. The van der Waals surface area contributed by atoms with Crippen LogP contribution in [-0.2, 0) is 0 Å². The molecule has 1 aliphatic carbocycles. The summed E-state index contributed by atoms with van der Waals surface area (Å²) in [6.45, 7) is 0.224. The zero-order chi connectivity index (χ0) is 14.4. The fourth-order valence-corrected chi connectivity index (χ4v) is 2.83. The summed E-state index contributed by atoms with van der Waals surface area (Å²) < 4.78 is 44.6. The van der Waals surface area contributed by atoms with Crippen LogP contribution in [0.25, 0.3) is 0 Å². The van der Waals surface area contributed by atoms with Gasteiger partial charge in [-0.25, -0.2) is 8.78 Å². The van der Waals surface area contributed by atoms with E-state index in [1.165, 1.54) is 32.1 Å². The van der Waals surface area contributed by atoms with Gasteiger partial charge >= 0.3 is 0 Å². The Morgan fingerprint density at radius 1 is 0.950 bits per heavy atom. The molecule has 1 fully saturated rings. The highest BCUT2D eigenvalue weighted by molar-refractivity contribution is 5.27. The molecule has 1 aromatic rings. The van der Waals surface area contributed by atoms with Crippen molar-refractivity contribution in [3.63, 3.8) is 0 Å². The smallest absolute Gasteiger partial charge is 0.203 e. The molecule has 0 bridgehead atoms. The molecule has 1 nitrogen and oxygen atoms in total. The van der Waals surface area contributed by atoms with Crippen molar-refractivity contribution in [2.75, 3.05) is 6.61 Å². The van der Waals surface area contributed by atoms with Crippen LogP contribution in [0.4, 0.5) is 13.2 Å². The van der Waals surface area contributed by atoms with E-state index in [0.29, 0.717) is 0 Å². The van der Waals surface area contributed by atoms with Gasteiger partial charge in [0.15, 0.2) is 17.4 Å². The number of halogens is 3. The number of hydrogen-bond donors (Lipinski definition) is 0. The van der Waals surface area contributed by atoms with E-state index in [1.54, 1.807) is 0 Å². The summed E-state index contributed by atoms with van der Waals surface area (Å²) in [5.74, 6) is -2.90. The maximum atomic E-state index is 13.3. The second-order valence-corrected chi connectivity index (χ2v) is 5.52. The van der Waals surface area contributed by atoms with Gasteiger partial charge in [-0.15, -0.1) is 0 Å². The molecule has 1 aromatic carbocycles. The van der Waals surface area contributed by atoms with Crippen molar-refractivity contribution in [3.8, 4) is 5.75 Å². The van der Waals surface area contributed by atoms with Crippen molar-refractivity contribution in [2.24, 2.45) is 5.92 Å². The highest BCUT2D eigenvalue weighted by Gasteiger charge is 2.15. The molecule has 2 rings (SSSR count). The molecule has 1 saturated carbocycles. The van der Waals surface area contributed by atoms with Crippen molar-refractivity contribution in [1.29, 1.82) is 0 Å². The average Bonchev–Trinajstić information content (AvgIpc) is 2.94. The minimum atomic E-state index is -1.24. The Kier molecular flexibility index (Phi) is 5.74. The van der Waals surface area contributed by atoms with E-state index in [2.05, 4.69) is 0 Å². The summed E-state index contributed by atoms with van der Waals surface area (Å²) in [4.78, 5) is 0. The highest BCUT2D eigenvalue weighted by atomic mass is 19.2. The molecule has 20 heavy (non-hydrogen) atoms. The minimum Gasteiger partial charge on any atom is -0.488 e. The van der Waals surface area contributed by atoms with Gasteiger partial charge in [-0.1, -0.05) is 44.9 Å². The normalized spacial score (nSPS) is 15.8. The largest absolute Gasteiger partial charge is 0.488 e. The zero-order valence-electron chi connectivity index (χ0n) is 11.6. The SMILES string of the molecule is Fc1ccc(F)c(OCCCCCC2CCCC2)c1F. The Bertz CT molecular complexity index is 428. The molecule has 112 valence electrons. The van der Waals surface area contributed by atoms with Gasteiger partial charge in [0.05, 0.1) is 6.61 Å². The number of unbranched alkanes of at least 4 members (excludes halogenated alkanes) is 2. The lowest BCUT2D eigenvalue weighted by Crippen LogP contribution is -2.03. The van der Waals surface area contributed by atoms with E-state index in [-0.39, 0.29) is 6.61 Å². The number of hydrogen-bond acceptors (Lipinski definition) is 1. The van der Waals surface area contributed by atoms with Crippen LogP contribution in [0.15, 0.2) is 12.1 Å². The third kappa shape index (κ3) is 4.15. The van der Waals surface area contributed by atoms with Crippen LogP contribution >= 0.6 is 0 Å². The van der Waals surface area contributed by atoms with Crippen LogP contribution in [0, 0.1) is 23.4 Å². The van der Waals surface area contributed by atoms with Gasteiger partial charge in [-0.3, -0.25) is 0 Å². The first-order valence-corrected chi connectivity index (χ1v) is 7.45. The number of rotatable bonds is 7. The number of benzene rings is 1. The van der Waals surface area contributed by atoms with Crippen molar-refractivity contribution in [3.05, 3.63) is 29.6 Å². The van der Waals surface area contributed by atoms with Gasteiger partial charge in [0.1, 0.15) is 0 Å². The van der Waals surface area contributed by atoms with Gasteiger partial charge in [0.2, 0.25) is 5.82 Å². The lowest BCUT2D eigenvalue weighted by molar-refractivity contribution is 0.268. The number of ether oxygens (including phenoxy) is 1. The minimum absolute atomic E-state index is 0.224. The van der Waals surface area contributed by atoms with Gasteiger partial charge in [0.25, 0.3) is 0 Å². The van der Waals surface area contributed by atoms with E-state index in [9.17, 15) is 13.2 Å². The topological polar surface area (TPSA) is 9.23 Å². The van der Waals surface area contributed by atoms with Gasteiger partial charge in [-0.05, 0) is 24.5 Å². The second-order valence-electron chi connectivity index (χ2n) is 5.52. The van der Waals surface area contributed by atoms with Crippen molar-refractivity contribution in [1.82, 2.24) is 0 Å². The fourth-order valence-electron chi connectivity index (χ4n) is 2.83. The highest BCUT2D eigenvalue weighted by Crippen LogP contribution is 2.29. The Labute approximate surface area is 118 Å². The van der Waals surface area contributed by atoms with Crippen LogP contribution in [0.5, 0.6) is 5.75 Å². The molecule has 0 radical (unpaired) electrons. The summed E-state index contributed by atoms with van der Waals surface area (Å²) >= 11 is 0. The molecule has 0 saturated heterocycles. The van der Waals surface area contributed by atoms with Gasteiger partial charge in [-0.2, -0.15) is 4.39 Å². The maximum absolute atomic E-state index is 13.3. The Hall–Kier alpha value is -1.19. The van der Waals surface area contributed by atoms with Crippen molar-refractivity contribution >= 4 is 0 Å². The molecular weight excluding hydrogens is 265 g/mol. The lowest BCUT2D eigenvalue weighted by atomic mass is 10.0. The zero-order valence-corrected chi connectivity index (χ0v) is 11.6. The molecule has 4 heteroatoms. The van der Waals surface area contributed by atoms with Crippen LogP contribution in [0.1, 0.15) is 51.4 Å². The standard InChI is InChI=1S/C16H21F3O/c17-13-9-10-14(18)16(15(13)19)20-11-5-1-2-6-12-7-3-4-8-12/h9-10,12H,1-8,11H2. The summed E-state index contributed by atoms with van der Waals surface area (Å²) in [7, 11) is 0. The van der Waals surface area contributed by atoms with Crippen molar-refractivity contribution < 1.29 is 17.9 Å². The van der Waals surface area contributed by atoms with Crippen LogP contribution in [0.3, 0.4) is 0 Å². The van der Waals surface area contributed by atoms with E-state index in [4.69, 9.17) is 4.74 Å². The summed E-state index contributed by atoms with van der Waals surface area (Å²) in [6.07, 6.45) is 9.48. The molecule has 1 aliphatic rings. The first-order valence-electron chi connectivity index (χ1n) is 7.45. The van der Waals surface area contributed by atoms with Crippen molar-refractivity contribution in [2.45, 2.75) is 51.4 Å². The molecule has 0 amide bonds. The van der Waals surface area contributed by atoms with E-state index >= 15 is 0 Å². The molecule has 0 unspecified atom stereocenters. The molecule has 0 spiro atoms. The molecule has 0 aromatic heterocycles. The van der Waals surface area contributed by atoms with E-state index in [0.717, 1.165) is 37.3 Å². The quantitative estimate of drug-likeness (QED) is 0.492. The molecule has 0 N–H and O–H groups in total. The Morgan fingerprint density at radius 2 is 1.65 bits per heavy atom. The Morgan fingerprint density at radius 3 is 2.40 bits per heavy atom. The van der Waals surface area contributed by atoms with E-state index < -0.39 is 23.2 Å². The van der Waals surface area contributed by atoms with E-state index in [1.807, 2.05) is 0 Å². The van der Waals surface area contributed by atoms with Gasteiger partial charge in [0, 0.05) is 0 Å². The Balaban J connectivity index is 1.64. The monoisotopic (exact) mass is 286 g/mol. The fraction of sp³-hybridized carbons (Fsp3) is 0.625. The molecule has 0 heterocycles. The molecule has 0 aliphatic heterocycles. The first-order chi connectivity index (χ1) is 9.68. The lowest BCUT2D eigenvalue weighted by Gasteiger charge is -2.10. The predicted molar refractivity (Wildman–Crippen MR) is 72.2 cm³/mol. The van der Waals surface area contributed by atoms with Crippen LogP contribution < -0.4 is 4.74 Å². The summed E-state index contributed by atoms with van der Waals surface area (Å²) in [5, 5.41) is 0. The van der Waals surface area contributed by atoms with Gasteiger partial charge < -0.3 is 4.74 Å². The van der Waals surface area contributed by atoms with Crippen LogP contribution in [0.2, 0.25) is 0 Å². The third-order valence-electron chi connectivity index (χ3n) is 3.98. The summed E-state index contributed by atoms with van der Waals surface area (Å²) in [6, 6.07) is 1.65. The first kappa shape index (κ1) is 15.2. The molecule has 0 atom stereocenters. The summed E-state index contributed by atoms with van der Waals surface area (Å²) in [5.41, 5.74) is 0. The second kappa shape index (κ2) is 7.55. The average molecular weight is 286 g/mol. The van der Waals surface area contributed by atoms with Crippen LogP contribution in [-0.4, -0.2) is 6.61 Å².